The maximum Gasteiger partial charge on any atom is 0.277 e. The number of carbonyl (C=O) groups excluding carboxylic acids is 1. The molecule has 1 amide bonds. The van der Waals surface area contributed by atoms with Crippen LogP contribution in [0.25, 0.3) is 11.5 Å². The van der Waals surface area contributed by atoms with Crippen LogP contribution in [0.3, 0.4) is 0 Å². The van der Waals surface area contributed by atoms with Gasteiger partial charge in [-0.15, -0.1) is 10.2 Å². The number of aromatic nitrogens is 2. The third-order valence-electron chi connectivity index (χ3n) is 4.63. The molecule has 0 aliphatic carbocycles. The van der Waals surface area contributed by atoms with Crippen LogP contribution in [0.5, 0.6) is 0 Å². The molecule has 0 aliphatic rings. The van der Waals surface area contributed by atoms with E-state index in [0.717, 1.165) is 16.7 Å². The molecule has 4 aromatic rings. The molecule has 1 heterocycles. The summed E-state index contributed by atoms with van der Waals surface area (Å²) in [6.07, 6.45) is 0. The van der Waals surface area contributed by atoms with Crippen LogP contribution in [-0.4, -0.2) is 21.4 Å². The number of nitrogens with zero attached hydrogens (tertiary/aromatic N) is 2. The van der Waals surface area contributed by atoms with Crippen LogP contribution in [0, 0.1) is 0 Å². The number of nitrogens with one attached hydrogen (secondary N) is 1. The first kappa shape index (κ1) is 19.9. The van der Waals surface area contributed by atoms with Crippen molar-refractivity contribution in [3.8, 4) is 11.5 Å². The van der Waals surface area contributed by atoms with Crippen LogP contribution in [-0.2, 0) is 4.79 Å². The first-order valence-electron chi connectivity index (χ1n) is 9.66. The fourth-order valence-corrected chi connectivity index (χ4v) is 3.76. The van der Waals surface area contributed by atoms with Crippen molar-refractivity contribution in [1.82, 2.24) is 15.5 Å². The molecule has 1 aromatic heterocycles. The van der Waals surface area contributed by atoms with Crippen LogP contribution in [0.15, 0.2) is 101 Å². The van der Waals surface area contributed by atoms with E-state index >= 15 is 0 Å². The largest absolute Gasteiger partial charge is 0.411 e. The zero-order chi connectivity index (χ0) is 20.8. The Kier molecular flexibility index (Phi) is 6.25. The molecule has 5 nitrogen and oxygen atoms in total. The first-order valence-corrected chi connectivity index (χ1v) is 10.5. The van der Waals surface area contributed by atoms with E-state index < -0.39 is 5.25 Å². The third kappa shape index (κ3) is 4.78. The van der Waals surface area contributed by atoms with Gasteiger partial charge in [-0.1, -0.05) is 90.6 Å². The molecular formula is C24H21N3O2S. The number of benzene rings is 3. The summed E-state index contributed by atoms with van der Waals surface area (Å²) in [7, 11) is 0. The lowest BCUT2D eigenvalue weighted by molar-refractivity contribution is -0.120. The van der Waals surface area contributed by atoms with Gasteiger partial charge in [-0.25, -0.2) is 0 Å². The number of carbonyl (C=O) groups is 1. The summed E-state index contributed by atoms with van der Waals surface area (Å²) in [4.78, 5) is 13.0. The van der Waals surface area contributed by atoms with Gasteiger partial charge < -0.3 is 9.73 Å². The number of rotatable bonds is 7. The summed E-state index contributed by atoms with van der Waals surface area (Å²) in [5.41, 5.74) is 2.90. The fourth-order valence-electron chi connectivity index (χ4n) is 3.07. The second-order valence-corrected chi connectivity index (χ2v) is 8.05. The van der Waals surface area contributed by atoms with Crippen molar-refractivity contribution in [3.63, 3.8) is 0 Å². The molecule has 0 spiro atoms. The summed E-state index contributed by atoms with van der Waals surface area (Å²) in [6.45, 7) is 1.83. The van der Waals surface area contributed by atoms with Crippen molar-refractivity contribution < 1.29 is 9.21 Å². The van der Waals surface area contributed by atoms with Crippen molar-refractivity contribution in [2.45, 2.75) is 23.4 Å². The Morgan fingerprint density at radius 3 is 1.93 bits per heavy atom. The molecule has 0 fully saturated rings. The quantitative estimate of drug-likeness (QED) is 0.424. The van der Waals surface area contributed by atoms with Crippen molar-refractivity contribution in [2.75, 3.05) is 0 Å². The summed E-state index contributed by atoms with van der Waals surface area (Å²) in [6, 6.07) is 29.2. The van der Waals surface area contributed by atoms with Crippen LogP contribution < -0.4 is 5.32 Å². The van der Waals surface area contributed by atoms with Gasteiger partial charge in [0.2, 0.25) is 11.8 Å². The highest BCUT2D eigenvalue weighted by molar-refractivity contribution is 8.00. The second-order valence-electron chi connectivity index (χ2n) is 6.76. The smallest absolute Gasteiger partial charge is 0.277 e. The molecule has 0 bridgehead atoms. The third-order valence-corrected chi connectivity index (χ3v) is 5.56. The minimum Gasteiger partial charge on any atom is -0.411 e. The number of amides is 1. The van der Waals surface area contributed by atoms with Crippen LogP contribution >= 0.6 is 11.8 Å². The summed E-state index contributed by atoms with van der Waals surface area (Å²) in [5.74, 6) is 0.342. The van der Waals surface area contributed by atoms with E-state index in [4.69, 9.17) is 4.42 Å². The molecule has 6 heteroatoms. The van der Waals surface area contributed by atoms with Crippen molar-refractivity contribution in [2.24, 2.45) is 0 Å². The summed E-state index contributed by atoms with van der Waals surface area (Å²) >= 11 is 1.25. The number of hydrogen-bond donors (Lipinski definition) is 1. The lowest BCUT2D eigenvalue weighted by atomic mass is 9.98. The SMILES string of the molecule is C[C@H](Sc1nnc(-c2ccccc2)o1)C(=O)NC(c1ccccc1)c1ccccc1. The highest BCUT2D eigenvalue weighted by Gasteiger charge is 2.23. The Morgan fingerprint density at radius 1 is 0.833 bits per heavy atom. The van der Waals surface area contributed by atoms with Gasteiger partial charge in [-0.2, -0.15) is 0 Å². The molecule has 0 saturated carbocycles. The van der Waals surface area contributed by atoms with E-state index in [1.807, 2.05) is 97.9 Å². The average Bonchev–Trinajstić information content (AvgIpc) is 3.27. The topological polar surface area (TPSA) is 68.0 Å². The number of thioether (sulfide) groups is 1. The molecule has 150 valence electrons. The monoisotopic (exact) mass is 415 g/mol. The van der Waals surface area contributed by atoms with Crippen LogP contribution in [0.2, 0.25) is 0 Å². The molecule has 1 atom stereocenters. The number of hydrogen-bond acceptors (Lipinski definition) is 5. The lowest BCUT2D eigenvalue weighted by Gasteiger charge is -2.21. The predicted octanol–water partition coefficient (Wildman–Crippen LogP) is 5.12. The Bertz CT molecular complexity index is 1050. The van der Waals surface area contributed by atoms with Crippen molar-refractivity contribution >= 4 is 17.7 Å². The lowest BCUT2D eigenvalue weighted by Crippen LogP contribution is -2.34. The van der Waals surface area contributed by atoms with E-state index in [0.29, 0.717) is 11.1 Å². The average molecular weight is 416 g/mol. The molecule has 30 heavy (non-hydrogen) atoms. The molecule has 0 radical (unpaired) electrons. The van der Waals surface area contributed by atoms with E-state index in [9.17, 15) is 4.79 Å². The van der Waals surface area contributed by atoms with E-state index in [1.165, 1.54) is 11.8 Å². The Labute approximate surface area is 179 Å². The Hall–Kier alpha value is -3.38. The molecule has 0 saturated heterocycles. The minimum atomic E-state index is -0.399. The highest BCUT2D eigenvalue weighted by atomic mass is 32.2. The van der Waals surface area contributed by atoms with Crippen molar-refractivity contribution in [3.05, 3.63) is 102 Å². The van der Waals surface area contributed by atoms with Gasteiger partial charge in [0, 0.05) is 5.56 Å². The second kappa shape index (κ2) is 9.41. The Morgan fingerprint density at radius 2 is 1.37 bits per heavy atom. The van der Waals surface area contributed by atoms with Gasteiger partial charge in [0.05, 0.1) is 11.3 Å². The molecule has 1 N–H and O–H groups in total. The van der Waals surface area contributed by atoms with Crippen LogP contribution in [0.4, 0.5) is 0 Å². The first-order chi connectivity index (χ1) is 14.7. The van der Waals surface area contributed by atoms with Gasteiger partial charge >= 0.3 is 0 Å². The molecule has 3 aromatic carbocycles. The molecule has 0 unspecified atom stereocenters. The minimum absolute atomic E-state index is 0.0998. The van der Waals surface area contributed by atoms with Gasteiger partial charge in [-0.05, 0) is 30.2 Å². The van der Waals surface area contributed by atoms with E-state index in [1.54, 1.807) is 0 Å². The predicted molar refractivity (Wildman–Crippen MR) is 118 cm³/mol. The standard InChI is InChI=1S/C24H21N3O2S/c1-17(30-24-27-26-23(29-24)20-15-9-4-10-16-20)22(28)25-21(18-11-5-2-6-12-18)19-13-7-3-8-14-19/h2-17,21H,1H3,(H,25,28)/t17-/m0/s1. The van der Waals surface area contributed by atoms with Gasteiger partial charge in [0.1, 0.15) is 0 Å². The van der Waals surface area contributed by atoms with Gasteiger partial charge in [0.25, 0.3) is 5.22 Å². The fraction of sp³-hybridized carbons (Fsp3) is 0.125. The molecule has 4 rings (SSSR count). The van der Waals surface area contributed by atoms with Gasteiger partial charge in [0.15, 0.2) is 0 Å². The van der Waals surface area contributed by atoms with E-state index in [2.05, 4.69) is 15.5 Å². The highest BCUT2D eigenvalue weighted by Crippen LogP contribution is 2.27. The molecular weight excluding hydrogens is 394 g/mol. The summed E-state index contributed by atoms with van der Waals surface area (Å²) in [5, 5.41) is 11.3. The Balaban J connectivity index is 1.47. The van der Waals surface area contributed by atoms with Crippen LogP contribution in [0.1, 0.15) is 24.1 Å². The summed E-state index contributed by atoms with van der Waals surface area (Å²) < 4.78 is 5.73. The molecule has 0 aliphatic heterocycles. The zero-order valence-electron chi connectivity index (χ0n) is 16.4. The maximum atomic E-state index is 13.0. The normalized spacial score (nSPS) is 11.9. The zero-order valence-corrected chi connectivity index (χ0v) is 17.3. The van der Waals surface area contributed by atoms with E-state index in [-0.39, 0.29) is 11.9 Å². The van der Waals surface area contributed by atoms with Crippen molar-refractivity contribution in [1.29, 1.82) is 0 Å². The van der Waals surface area contributed by atoms with Gasteiger partial charge in [-0.3, -0.25) is 4.79 Å². The maximum absolute atomic E-state index is 13.0.